The van der Waals surface area contributed by atoms with Gasteiger partial charge in [-0.1, -0.05) is 24.3 Å². The monoisotopic (exact) mass is 262 g/mol. The highest BCUT2D eigenvalue weighted by Crippen LogP contribution is 2.32. The van der Waals surface area contributed by atoms with E-state index >= 15 is 0 Å². The summed E-state index contributed by atoms with van der Waals surface area (Å²) in [5, 5.41) is 12.0. The third-order valence-electron chi connectivity index (χ3n) is 3.60. The number of aromatic nitrogens is 2. The molecule has 0 aliphatic rings. The molecule has 96 valence electrons. The molecule has 0 bridgehead atoms. The van der Waals surface area contributed by atoms with Gasteiger partial charge in [0.2, 0.25) is 0 Å². The van der Waals surface area contributed by atoms with E-state index in [0.29, 0.717) is 10.9 Å². The normalized spacial score (nSPS) is 11.4. The number of carboxylic acids is 1. The number of hydrogen-bond acceptors (Lipinski definition) is 2. The van der Waals surface area contributed by atoms with Crippen LogP contribution in [0.1, 0.15) is 10.4 Å². The lowest BCUT2D eigenvalue weighted by Crippen LogP contribution is -1.98. The molecule has 0 fully saturated rings. The Morgan fingerprint density at radius 2 is 1.85 bits per heavy atom. The molecule has 0 amide bonds. The number of aromatic amines is 1. The third kappa shape index (κ3) is 1.36. The van der Waals surface area contributed by atoms with Crippen LogP contribution in [-0.4, -0.2) is 21.0 Å². The highest BCUT2D eigenvalue weighted by atomic mass is 16.4. The van der Waals surface area contributed by atoms with Gasteiger partial charge < -0.3 is 10.1 Å². The van der Waals surface area contributed by atoms with Crippen LogP contribution in [0.3, 0.4) is 0 Å². The van der Waals surface area contributed by atoms with Crippen molar-refractivity contribution in [3.05, 3.63) is 54.2 Å². The van der Waals surface area contributed by atoms with Crippen LogP contribution < -0.4 is 0 Å². The number of H-pyrrole nitrogens is 1. The molecule has 0 spiro atoms. The van der Waals surface area contributed by atoms with Gasteiger partial charge in [-0.3, -0.25) is 4.98 Å². The Morgan fingerprint density at radius 1 is 1.05 bits per heavy atom. The summed E-state index contributed by atoms with van der Waals surface area (Å²) in [5.41, 5.74) is 2.84. The molecule has 0 unspecified atom stereocenters. The lowest BCUT2D eigenvalue weighted by Gasteiger charge is -2.03. The summed E-state index contributed by atoms with van der Waals surface area (Å²) >= 11 is 0. The molecule has 2 heterocycles. The zero-order chi connectivity index (χ0) is 13.7. The van der Waals surface area contributed by atoms with Gasteiger partial charge in [0.15, 0.2) is 0 Å². The van der Waals surface area contributed by atoms with Crippen molar-refractivity contribution in [3.8, 4) is 0 Å². The van der Waals surface area contributed by atoms with Crippen LogP contribution in [0, 0.1) is 0 Å². The predicted octanol–water partition coefficient (Wildman–Crippen LogP) is 3.57. The van der Waals surface area contributed by atoms with Crippen LogP contribution >= 0.6 is 0 Å². The molecule has 0 saturated heterocycles. The molecule has 4 aromatic rings. The fourth-order valence-electron chi connectivity index (χ4n) is 2.72. The highest BCUT2D eigenvalue weighted by molar-refractivity contribution is 6.20. The SMILES string of the molecule is O=C(O)c1cc2c3ccccc3[nH]c2c2ncccc12. The zero-order valence-electron chi connectivity index (χ0n) is 10.4. The molecule has 0 aliphatic heterocycles. The Kier molecular flexibility index (Phi) is 2.09. The van der Waals surface area contributed by atoms with Crippen molar-refractivity contribution < 1.29 is 9.90 Å². The van der Waals surface area contributed by atoms with Gasteiger partial charge in [-0.15, -0.1) is 0 Å². The molecular weight excluding hydrogens is 252 g/mol. The predicted molar refractivity (Wildman–Crippen MR) is 78.1 cm³/mol. The van der Waals surface area contributed by atoms with E-state index in [-0.39, 0.29) is 5.56 Å². The van der Waals surface area contributed by atoms with Crippen molar-refractivity contribution in [2.75, 3.05) is 0 Å². The molecule has 2 aromatic heterocycles. The van der Waals surface area contributed by atoms with Gasteiger partial charge in [0.05, 0.1) is 16.6 Å². The zero-order valence-corrected chi connectivity index (χ0v) is 10.4. The number of fused-ring (bicyclic) bond motifs is 5. The average Bonchev–Trinajstić information content (AvgIpc) is 2.85. The average molecular weight is 262 g/mol. The number of benzene rings is 2. The van der Waals surface area contributed by atoms with Crippen molar-refractivity contribution in [2.24, 2.45) is 0 Å². The molecule has 2 N–H and O–H groups in total. The summed E-state index contributed by atoms with van der Waals surface area (Å²) in [7, 11) is 0. The van der Waals surface area contributed by atoms with Crippen molar-refractivity contribution in [1.82, 2.24) is 9.97 Å². The van der Waals surface area contributed by atoms with Crippen molar-refractivity contribution >= 4 is 38.7 Å². The smallest absolute Gasteiger partial charge is 0.336 e. The number of para-hydroxylation sites is 1. The molecular formula is C16H10N2O2. The summed E-state index contributed by atoms with van der Waals surface area (Å²) in [6.07, 6.45) is 1.68. The standard InChI is InChI=1S/C16H10N2O2/c19-16(20)12-8-11-9-4-1-2-6-13(9)18-15(11)14-10(12)5-3-7-17-14/h1-8,18H,(H,19,20). The van der Waals surface area contributed by atoms with E-state index < -0.39 is 5.97 Å². The second-order valence-corrected chi connectivity index (χ2v) is 4.72. The van der Waals surface area contributed by atoms with Gasteiger partial charge in [-0.25, -0.2) is 4.79 Å². The lowest BCUT2D eigenvalue weighted by atomic mass is 10.0. The van der Waals surface area contributed by atoms with Gasteiger partial charge in [0.25, 0.3) is 0 Å². The molecule has 4 nitrogen and oxygen atoms in total. The van der Waals surface area contributed by atoms with Crippen molar-refractivity contribution in [3.63, 3.8) is 0 Å². The van der Waals surface area contributed by atoms with E-state index in [4.69, 9.17) is 0 Å². The van der Waals surface area contributed by atoms with Crippen LogP contribution in [0.5, 0.6) is 0 Å². The van der Waals surface area contributed by atoms with Gasteiger partial charge in [-0.05, 0) is 18.2 Å². The molecule has 4 rings (SSSR count). The molecule has 0 atom stereocenters. The third-order valence-corrected chi connectivity index (χ3v) is 3.60. The Labute approximate surface area is 113 Å². The van der Waals surface area contributed by atoms with Gasteiger partial charge in [0.1, 0.15) is 0 Å². The Morgan fingerprint density at radius 3 is 2.70 bits per heavy atom. The van der Waals surface area contributed by atoms with Crippen LogP contribution in [0.4, 0.5) is 0 Å². The summed E-state index contributed by atoms with van der Waals surface area (Å²) in [6, 6.07) is 13.1. The summed E-state index contributed by atoms with van der Waals surface area (Å²) in [5.74, 6) is -0.935. The highest BCUT2D eigenvalue weighted by Gasteiger charge is 2.15. The number of pyridine rings is 1. The topological polar surface area (TPSA) is 66.0 Å². The Bertz CT molecular complexity index is 986. The number of hydrogen-bond donors (Lipinski definition) is 2. The van der Waals surface area contributed by atoms with Crippen molar-refractivity contribution in [1.29, 1.82) is 0 Å². The maximum atomic E-state index is 11.5. The van der Waals surface area contributed by atoms with Crippen LogP contribution in [0.15, 0.2) is 48.7 Å². The van der Waals surface area contributed by atoms with E-state index in [1.54, 1.807) is 24.4 Å². The lowest BCUT2D eigenvalue weighted by molar-refractivity contribution is 0.0699. The van der Waals surface area contributed by atoms with E-state index in [0.717, 1.165) is 21.8 Å². The first-order valence-electron chi connectivity index (χ1n) is 6.27. The maximum absolute atomic E-state index is 11.5. The van der Waals surface area contributed by atoms with Gasteiger partial charge in [0, 0.05) is 27.9 Å². The quantitative estimate of drug-likeness (QED) is 0.551. The summed E-state index contributed by atoms with van der Waals surface area (Å²) in [6.45, 7) is 0. The molecule has 0 radical (unpaired) electrons. The summed E-state index contributed by atoms with van der Waals surface area (Å²) in [4.78, 5) is 19.2. The van der Waals surface area contributed by atoms with Crippen molar-refractivity contribution in [2.45, 2.75) is 0 Å². The minimum atomic E-state index is -0.935. The number of nitrogens with one attached hydrogen (secondary N) is 1. The van der Waals surface area contributed by atoms with E-state index in [2.05, 4.69) is 9.97 Å². The van der Waals surface area contributed by atoms with E-state index in [1.807, 2.05) is 24.3 Å². The fraction of sp³-hybridized carbons (Fsp3) is 0. The largest absolute Gasteiger partial charge is 0.478 e. The molecule has 2 aromatic carbocycles. The minimum absolute atomic E-state index is 0.283. The first kappa shape index (κ1) is 11.0. The first-order chi connectivity index (χ1) is 9.75. The fourth-order valence-corrected chi connectivity index (χ4v) is 2.72. The molecule has 4 heteroatoms. The summed E-state index contributed by atoms with van der Waals surface area (Å²) < 4.78 is 0. The van der Waals surface area contributed by atoms with Crippen LogP contribution in [0.2, 0.25) is 0 Å². The maximum Gasteiger partial charge on any atom is 0.336 e. The van der Waals surface area contributed by atoms with Crippen LogP contribution in [-0.2, 0) is 0 Å². The van der Waals surface area contributed by atoms with Gasteiger partial charge in [-0.2, -0.15) is 0 Å². The Hall–Kier alpha value is -2.88. The second kappa shape index (κ2) is 3.81. The number of carboxylic acid groups (broad SMARTS) is 1. The Balaban J connectivity index is 2.33. The van der Waals surface area contributed by atoms with Crippen LogP contribution in [0.25, 0.3) is 32.7 Å². The molecule has 0 aliphatic carbocycles. The van der Waals surface area contributed by atoms with E-state index in [1.165, 1.54) is 0 Å². The number of aromatic carboxylic acids is 1. The number of carbonyl (C=O) groups is 1. The number of nitrogens with zero attached hydrogens (tertiary/aromatic N) is 1. The minimum Gasteiger partial charge on any atom is -0.478 e. The second-order valence-electron chi connectivity index (χ2n) is 4.72. The molecule has 0 saturated carbocycles. The first-order valence-corrected chi connectivity index (χ1v) is 6.27. The van der Waals surface area contributed by atoms with E-state index in [9.17, 15) is 9.90 Å². The number of rotatable bonds is 1. The molecule has 20 heavy (non-hydrogen) atoms. The van der Waals surface area contributed by atoms with Gasteiger partial charge >= 0.3 is 5.97 Å².